The van der Waals surface area contributed by atoms with E-state index < -0.39 is 0 Å². The van der Waals surface area contributed by atoms with Crippen molar-refractivity contribution < 1.29 is 9.53 Å². The van der Waals surface area contributed by atoms with Gasteiger partial charge >= 0.3 is 6.03 Å². The molecule has 0 aromatic heterocycles. The number of amides is 2. The van der Waals surface area contributed by atoms with Gasteiger partial charge in [-0.25, -0.2) is 4.79 Å². The zero-order valence-corrected chi connectivity index (χ0v) is 13.0. The Morgan fingerprint density at radius 3 is 2.55 bits per heavy atom. The molecule has 20 heavy (non-hydrogen) atoms. The first-order valence-electron chi connectivity index (χ1n) is 7.23. The minimum atomic E-state index is -0.0701. The van der Waals surface area contributed by atoms with Gasteiger partial charge in [0.1, 0.15) is 5.75 Å². The molecule has 1 rings (SSSR count). The number of carbonyl (C=O) groups excluding carboxylic acids is 1. The highest BCUT2D eigenvalue weighted by Crippen LogP contribution is 2.15. The lowest BCUT2D eigenvalue weighted by molar-refractivity contribution is 0.220. The van der Waals surface area contributed by atoms with Crippen molar-refractivity contribution in [1.29, 1.82) is 0 Å². The number of nitrogens with zero attached hydrogens (tertiary/aromatic N) is 1. The Balaban J connectivity index is 2.36. The smallest absolute Gasteiger partial charge is 0.321 e. The van der Waals surface area contributed by atoms with E-state index in [-0.39, 0.29) is 6.03 Å². The molecular formula is C16H26N2O2. The van der Waals surface area contributed by atoms with E-state index in [9.17, 15) is 4.79 Å². The molecule has 1 aromatic carbocycles. The maximum atomic E-state index is 12.0. The highest BCUT2D eigenvalue weighted by Gasteiger charge is 2.09. The van der Waals surface area contributed by atoms with Gasteiger partial charge in [0.05, 0.1) is 7.11 Å². The third-order valence-corrected chi connectivity index (χ3v) is 3.58. The van der Waals surface area contributed by atoms with Crippen molar-refractivity contribution in [2.45, 2.75) is 33.1 Å². The number of ether oxygens (including phenoxy) is 1. The van der Waals surface area contributed by atoms with Gasteiger partial charge in [-0.05, 0) is 43.0 Å². The fourth-order valence-corrected chi connectivity index (χ4v) is 1.88. The van der Waals surface area contributed by atoms with Gasteiger partial charge in [-0.1, -0.05) is 20.3 Å². The maximum absolute atomic E-state index is 12.0. The van der Waals surface area contributed by atoms with E-state index in [0.717, 1.165) is 36.7 Å². The molecule has 0 saturated carbocycles. The lowest BCUT2D eigenvalue weighted by Crippen LogP contribution is -2.32. The standard InChI is InChI=1S/C16H26N2O2/c1-5-13(2)7-6-12-18(3)16(19)17-14-8-10-15(20-4)11-9-14/h8-11,13H,5-7,12H2,1-4H3,(H,17,19). The number of rotatable bonds is 7. The minimum Gasteiger partial charge on any atom is -0.497 e. The number of methoxy groups -OCH3 is 1. The van der Waals surface area contributed by atoms with Crippen LogP contribution in [0.4, 0.5) is 10.5 Å². The van der Waals surface area contributed by atoms with Crippen LogP contribution in [0.25, 0.3) is 0 Å². The lowest BCUT2D eigenvalue weighted by Gasteiger charge is -2.19. The molecule has 0 bridgehead atoms. The molecule has 0 heterocycles. The van der Waals surface area contributed by atoms with Crippen molar-refractivity contribution in [3.63, 3.8) is 0 Å². The van der Waals surface area contributed by atoms with Gasteiger partial charge in [0.15, 0.2) is 0 Å². The summed E-state index contributed by atoms with van der Waals surface area (Å²) in [4.78, 5) is 13.7. The normalized spacial score (nSPS) is 11.8. The molecule has 0 aliphatic heterocycles. The van der Waals surface area contributed by atoms with Gasteiger partial charge in [-0.3, -0.25) is 0 Å². The van der Waals surface area contributed by atoms with Crippen LogP contribution in [0.2, 0.25) is 0 Å². The van der Waals surface area contributed by atoms with E-state index in [1.165, 1.54) is 6.42 Å². The zero-order valence-electron chi connectivity index (χ0n) is 13.0. The van der Waals surface area contributed by atoms with E-state index in [4.69, 9.17) is 4.74 Å². The summed E-state index contributed by atoms with van der Waals surface area (Å²) in [5.74, 6) is 1.51. The molecule has 2 amide bonds. The number of nitrogens with one attached hydrogen (secondary N) is 1. The topological polar surface area (TPSA) is 41.6 Å². The second-order valence-electron chi connectivity index (χ2n) is 5.24. The molecular weight excluding hydrogens is 252 g/mol. The van der Waals surface area contributed by atoms with Crippen molar-refractivity contribution in [1.82, 2.24) is 4.90 Å². The monoisotopic (exact) mass is 278 g/mol. The summed E-state index contributed by atoms with van der Waals surface area (Å²) in [5, 5.41) is 2.88. The summed E-state index contributed by atoms with van der Waals surface area (Å²) in [7, 11) is 3.45. The van der Waals surface area contributed by atoms with Crippen LogP contribution in [0, 0.1) is 5.92 Å². The highest BCUT2D eigenvalue weighted by atomic mass is 16.5. The molecule has 0 fully saturated rings. The van der Waals surface area contributed by atoms with Gasteiger partial charge in [-0.15, -0.1) is 0 Å². The second-order valence-corrected chi connectivity index (χ2v) is 5.24. The van der Waals surface area contributed by atoms with Crippen LogP contribution in [0.15, 0.2) is 24.3 Å². The van der Waals surface area contributed by atoms with Crippen LogP contribution in [0.3, 0.4) is 0 Å². The SMILES string of the molecule is CCC(C)CCCN(C)C(=O)Nc1ccc(OC)cc1. The Kier molecular flexibility index (Phi) is 6.91. The number of carbonyl (C=O) groups is 1. The summed E-state index contributed by atoms with van der Waals surface area (Å²) < 4.78 is 5.08. The van der Waals surface area contributed by atoms with Crippen LogP contribution < -0.4 is 10.1 Å². The number of hydrogen-bond acceptors (Lipinski definition) is 2. The van der Waals surface area contributed by atoms with Crippen molar-refractivity contribution in [2.75, 3.05) is 26.0 Å². The molecule has 0 saturated heterocycles. The maximum Gasteiger partial charge on any atom is 0.321 e. The average molecular weight is 278 g/mol. The third kappa shape index (κ3) is 5.51. The van der Waals surface area contributed by atoms with Gasteiger partial charge in [0, 0.05) is 19.3 Å². The highest BCUT2D eigenvalue weighted by molar-refractivity contribution is 5.89. The first-order chi connectivity index (χ1) is 9.56. The third-order valence-electron chi connectivity index (χ3n) is 3.58. The van der Waals surface area contributed by atoms with Gasteiger partial charge < -0.3 is 15.0 Å². The largest absolute Gasteiger partial charge is 0.497 e. The van der Waals surface area contributed by atoms with Gasteiger partial charge in [0.25, 0.3) is 0 Å². The molecule has 0 radical (unpaired) electrons. The molecule has 0 aliphatic rings. The Morgan fingerprint density at radius 1 is 1.35 bits per heavy atom. The van der Waals surface area contributed by atoms with Crippen LogP contribution in [-0.4, -0.2) is 31.6 Å². The summed E-state index contributed by atoms with van der Waals surface area (Å²) in [6, 6.07) is 7.27. The first-order valence-corrected chi connectivity index (χ1v) is 7.23. The Bertz CT molecular complexity index is 403. The van der Waals surface area contributed by atoms with Crippen LogP contribution in [0.1, 0.15) is 33.1 Å². The van der Waals surface area contributed by atoms with Crippen molar-refractivity contribution in [3.8, 4) is 5.75 Å². The molecule has 1 unspecified atom stereocenters. The summed E-state index contributed by atoms with van der Waals surface area (Å²) >= 11 is 0. The van der Waals surface area contributed by atoms with E-state index in [1.807, 2.05) is 31.3 Å². The molecule has 1 N–H and O–H groups in total. The molecule has 112 valence electrons. The average Bonchev–Trinajstić information content (AvgIpc) is 2.47. The molecule has 0 spiro atoms. The number of hydrogen-bond donors (Lipinski definition) is 1. The van der Waals surface area contributed by atoms with Gasteiger partial charge in [0.2, 0.25) is 0 Å². The Morgan fingerprint density at radius 2 is 2.00 bits per heavy atom. The van der Waals surface area contributed by atoms with Crippen LogP contribution in [0.5, 0.6) is 5.75 Å². The number of urea groups is 1. The first kappa shape index (κ1) is 16.3. The van der Waals surface area contributed by atoms with E-state index in [1.54, 1.807) is 12.0 Å². The predicted molar refractivity (Wildman–Crippen MR) is 83.3 cm³/mol. The molecule has 4 nitrogen and oxygen atoms in total. The molecule has 0 aliphatic carbocycles. The zero-order chi connectivity index (χ0) is 15.0. The van der Waals surface area contributed by atoms with Crippen LogP contribution >= 0.6 is 0 Å². The lowest BCUT2D eigenvalue weighted by atomic mass is 10.0. The molecule has 1 aromatic rings. The predicted octanol–water partition coefficient (Wildman–Crippen LogP) is 3.99. The Hall–Kier alpha value is -1.71. The van der Waals surface area contributed by atoms with E-state index in [2.05, 4.69) is 19.2 Å². The van der Waals surface area contributed by atoms with E-state index in [0.29, 0.717) is 0 Å². The Labute approximate surface area is 122 Å². The van der Waals surface area contributed by atoms with Crippen molar-refractivity contribution >= 4 is 11.7 Å². The second kappa shape index (κ2) is 8.46. The number of benzene rings is 1. The van der Waals surface area contributed by atoms with Crippen LogP contribution in [-0.2, 0) is 0 Å². The molecule has 4 heteroatoms. The fourth-order valence-electron chi connectivity index (χ4n) is 1.88. The molecule has 1 atom stereocenters. The quantitative estimate of drug-likeness (QED) is 0.819. The summed E-state index contributed by atoms with van der Waals surface area (Å²) in [6.07, 6.45) is 3.40. The van der Waals surface area contributed by atoms with Gasteiger partial charge in [-0.2, -0.15) is 0 Å². The van der Waals surface area contributed by atoms with E-state index >= 15 is 0 Å². The number of anilines is 1. The van der Waals surface area contributed by atoms with Crippen molar-refractivity contribution in [2.24, 2.45) is 5.92 Å². The van der Waals surface area contributed by atoms with Crippen molar-refractivity contribution in [3.05, 3.63) is 24.3 Å². The minimum absolute atomic E-state index is 0.0701. The summed E-state index contributed by atoms with van der Waals surface area (Å²) in [5.41, 5.74) is 0.782. The fraction of sp³-hybridized carbons (Fsp3) is 0.562. The summed E-state index contributed by atoms with van der Waals surface area (Å²) in [6.45, 7) is 5.23.